The van der Waals surface area contributed by atoms with Crippen LogP contribution >= 0.6 is 11.6 Å². The lowest BCUT2D eigenvalue weighted by Gasteiger charge is -2.11. The smallest absolute Gasteiger partial charge is 0.270 e. The van der Waals surface area contributed by atoms with Gasteiger partial charge in [0.2, 0.25) is 0 Å². The van der Waals surface area contributed by atoms with E-state index in [0.29, 0.717) is 16.8 Å². The summed E-state index contributed by atoms with van der Waals surface area (Å²) < 4.78 is 0. The van der Waals surface area contributed by atoms with Gasteiger partial charge in [0.1, 0.15) is 5.69 Å². The minimum Gasteiger partial charge on any atom is -0.348 e. The van der Waals surface area contributed by atoms with Crippen molar-refractivity contribution in [3.05, 3.63) is 29.0 Å². The van der Waals surface area contributed by atoms with E-state index < -0.39 is 0 Å². The zero-order valence-corrected chi connectivity index (χ0v) is 9.13. The highest BCUT2D eigenvalue weighted by molar-refractivity contribution is 6.30. The molecule has 1 aliphatic rings. The molecule has 4 heteroatoms. The van der Waals surface area contributed by atoms with Gasteiger partial charge in [0.25, 0.3) is 5.91 Å². The molecule has 0 unspecified atom stereocenters. The lowest BCUT2D eigenvalue weighted by atomic mass is 10.2. The molecule has 1 N–H and O–H groups in total. The largest absolute Gasteiger partial charge is 0.348 e. The van der Waals surface area contributed by atoms with Crippen molar-refractivity contribution in [3.63, 3.8) is 0 Å². The first kappa shape index (κ1) is 10.4. The lowest BCUT2D eigenvalue weighted by Crippen LogP contribution is -2.33. The minimum atomic E-state index is -0.121. The van der Waals surface area contributed by atoms with Crippen molar-refractivity contribution in [1.82, 2.24) is 10.3 Å². The molecule has 1 aliphatic carbocycles. The predicted molar refractivity (Wildman–Crippen MR) is 59.0 cm³/mol. The van der Waals surface area contributed by atoms with E-state index in [1.807, 2.05) is 0 Å². The molecule has 0 bridgehead atoms. The first-order chi connectivity index (χ1) is 7.25. The number of pyridine rings is 1. The van der Waals surface area contributed by atoms with Crippen molar-refractivity contribution < 1.29 is 4.79 Å². The number of carbonyl (C=O) groups is 1. The molecule has 1 saturated carbocycles. The topological polar surface area (TPSA) is 42.0 Å². The molecule has 15 heavy (non-hydrogen) atoms. The van der Waals surface area contributed by atoms with Crippen LogP contribution in [0.5, 0.6) is 0 Å². The molecule has 0 aliphatic heterocycles. The number of hydrogen-bond donors (Lipinski definition) is 1. The van der Waals surface area contributed by atoms with Gasteiger partial charge in [-0.15, -0.1) is 0 Å². The van der Waals surface area contributed by atoms with Crippen LogP contribution in [0.3, 0.4) is 0 Å². The summed E-state index contributed by atoms with van der Waals surface area (Å²) in [5, 5.41) is 3.51. The van der Waals surface area contributed by atoms with Crippen LogP contribution < -0.4 is 5.32 Å². The molecular formula is C11H13ClN2O. The summed E-state index contributed by atoms with van der Waals surface area (Å²) in [7, 11) is 0. The number of rotatable bonds is 2. The standard InChI is InChI=1S/C11H13ClN2O/c12-8-5-6-13-10(7-8)11(15)14-9-3-1-2-4-9/h5-7,9H,1-4H2,(H,14,15). The zero-order valence-electron chi connectivity index (χ0n) is 8.37. The Labute approximate surface area is 93.8 Å². The number of nitrogens with one attached hydrogen (secondary N) is 1. The molecule has 1 heterocycles. The van der Waals surface area contributed by atoms with Crippen LogP contribution in [0.4, 0.5) is 0 Å². The van der Waals surface area contributed by atoms with Gasteiger partial charge in [0.15, 0.2) is 0 Å². The second-order valence-electron chi connectivity index (χ2n) is 3.81. The van der Waals surface area contributed by atoms with E-state index in [1.54, 1.807) is 18.3 Å². The van der Waals surface area contributed by atoms with Gasteiger partial charge in [0.05, 0.1) is 0 Å². The molecule has 0 atom stereocenters. The Bertz CT molecular complexity index is 361. The van der Waals surface area contributed by atoms with Gasteiger partial charge in [-0.3, -0.25) is 9.78 Å². The molecule has 80 valence electrons. The number of aromatic nitrogens is 1. The van der Waals surface area contributed by atoms with Crippen molar-refractivity contribution in [1.29, 1.82) is 0 Å². The third-order valence-electron chi connectivity index (χ3n) is 2.65. The van der Waals surface area contributed by atoms with Crippen LogP contribution in [0.1, 0.15) is 36.2 Å². The van der Waals surface area contributed by atoms with E-state index in [1.165, 1.54) is 12.8 Å². The summed E-state index contributed by atoms with van der Waals surface area (Å²) in [5.74, 6) is -0.121. The predicted octanol–water partition coefficient (Wildman–Crippen LogP) is 2.41. The number of hydrogen-bond acceptors (Lipinski definition) is 2. The Hall–Kier alpha value is -1.09. The number of halogens is 1. The normalized spacial score (nSPS) is 16.6. The molecule has 0 saturated heterocycles. The highest BCUT2D eigenvalue weighted by Crippen LogP contribution is 2.18. The fourth-order valence-electron chi connectivity index (χ4n) is 1.86. The lowest BCUT2D eigenvalue weighted by molar-refractivity contribution is 0.0933. The first-order valence-electron chi connectivity index (χ1n) is 5.18. The number of carbonyl (C=O) groups excluding carboxylic acids is 1. The summed E-state index contributed by atoms with van der Waals surface area (Å²) in [6.07, 6.45) is 6.10. The minimum absolute atomic E-state index is 0.121. The van der Waals surface area contributed by atoms with Crippen LogP contribution in [0.25, 0.3) is 0 Å². The van der Waals surface area contributed by atoms with Crippen molar-refractivity contribution in [3.8, 4) is 0 Å². The zero-order chi connectivity index (χ0) is 10.7. The second kappa shape index (κ2) is 4.62. The summed E-state index contributed by atoms with van der Waals surface area (Å²) in [6.45, 7) is 0. The maximum atomic E-state index is 11.7. The quantitative estimate of drug-likeness (QED) is 0.838. The maximum Gasteiger partial charge on any atom is 0.270 e. The highest BCUT2D eigenvalue weighted by Gasteiger charge is 2.18. The Balaban J connectivity index is 2.01. The van der Waals surface area contributed by atoms with Crippen LogP contribution in [0, 0.1) is 0 Å². The van der Waals surface area contributed by atoms with Crippen molar-refractivity contribution >= 4 is 17.5 Å². The molecule has 1 fully saturated rings. The summed E-state index contributed by atoms with van der Waals surface area (Å²) in [5.41, 5.74) is 0.398. The summed E-state index contributed by atoms with van der Waals surface area (Å²) in [6, 6.07) is 3.57. The van der Waals surface area contributed by atoms with E-state index in [4.69, 9.17) is 11.6 Å². The molecule has 3 nitrogen and oxygen atoms in total. The first-order valence-corrected chi connectivity index (χ1v) is 5.56. The van der Waals surface area contributed by atoms with E-state index in [-0.39, 0.29) is 5.91 Å². The summed E-state index contributed by atoms with van der Waals surface area (Å²) >= 11 is 5.79. The number of nitrogens with zero attached hydrogens (tertiary/aromatic N) is 1. The van der Waals surface area contributed by atoms with E-state index in [9.17, 15) is 4.79 Å². The fraction of sp³-hybridized carbons (Fsp3) is 0.455. The molecule has 1 aromatic heterocycles. The van der Waals surface area contributed by atoms with Gasteiger partial charge >= 0.3 is 0 Å². The van der Waals surface area contributed by atoms with Crippen LogP contribution in [-0.2, 0) is 0 Å². The third kappa shape index (κ3) is 2.69. The fourth-order valence-corrected chi connectivity index (χ4v) is 2.02. The van der Waals surface area contributed by atoms with Gasteiger partial charge < -0.3 is 5.32 Å². The highest BCUT2D eigenvalue weighted by atomic mass is 35.5. The molecule has 1 amide bonds. The van der Waals surface area contributed by atoms with Gasteiger partial charge in [-0.2, -0.15) is 0 Å². The van der Waals surface area contributed by atoms with Crippen LogP contribution in [-0.4, -0.2) is 16.9 Å². The average Bonchev–Trinajstić information content (AvgIpc) is 2.70. The molecule has 2 rings (SSSR count). The maximum absolute atomic E-state index is 11.7. The second-order valence-corrected chi connectivity index (χ2v) is 4.25. The van der Waals surface area contributed by atoms with Gasteiger partial charge in [-0.25, -0.2) is 0 Å². The molecule has 1 aromatic rings. The Morgan fingerprint density at radius 1 is 1.47 bits per heavy atom. The van der Waals surface area contributed by atoms with Gasteiger partial charge in [-0.05, 0) is 25.0 Å². The van der Waals surface area contributed by atoms with Gasteiger partial charge in [0, 0.05) is 17.3 Å². The van der Waals surface area contributed by atoms with E-state index >= 15 is 0 Å². The molecule has 0 radical (unpaired) electrons. The Morgan fingerprint density at radius 2 is 2.20 bits per heavy atom. The van der Waals surface area contributed by atoms with E-state index in [2.05, 4.69) is 10.3 Å². The molecule has 0 aromatic carbocycles. The van der Waals surface area contributed by atoms with Crippen molar-refractivity contribution in [2.45, 2.75) is 31.7 Å². The van der Waals surface area contributed by atoms with Crippen molar-refractivity contribution in [2.24, 2.45) is 0 Å². The van der Waals surface area contributed by atoms with Crippen LogP contribution in [0.15, 0.2) is 18.3 Å². The van der Waals surface area contributed by atoms with Gasteiger partial charge in [-0.1, -0.05) is 24.4 Å². The summed E-state index contributed by atoms with van der Waals surface area (Å²) in [4.78, 5) is 15.7. The van der Waals surface area contributed by atoms with Crippen molar-refractivity contribution in [2.75, 3.05) is 0 Å². The molecule has 0 spiro atoms. The van der Waals surface area contributed by atoms with Crippen LogP contribution in [0.2, 0.25) is 5.02 Å². The number of amides is 1. The average molecular weight is 225 g/mol. The monoisotopic (exact) mass is 224 g/mol. The molecular weight excluding hydrogens is 212 g/mol. The SMILES string of the molecule is O=C(NC1CCCC1)c1cc(Cl)ccn1. The van der Waals surface area contributed by atoms with E-state index in [0.717, 1.165) is 12.8 Å². The third-order valence-corrected chi connectivity index (χ3v) is 2.88. The Kier molecular flexibility index (Phi) is 3.21. The Morgan fingerprint density at radius 3 is 2.87 bits per heavy atom.